The summed E-state index contributed by atoms with van der Waals surface area (Å²) in [5.74, 6) is -2.31. The summed E-state index contributed by atoms with van der Waals surface area (Å²) in [5.41, 5.74) is -0.532. The Hall–Kier alpha value is -2.21. The standard InChI is InChI=1S/C14H15NO5/c1-14(2,10(16)13(19)20)7-15-11(17)8-5-3-4-6-9(8)12(15)18/h3-6,10,16H,7H2,1-2H3,(H,19,20). The second kappa shape index (κ2) is 4.72. The SMILES string of the molecule is CC(C)(CN1C(=O)c2ccccc2C1=O)C(O)C(=O)O. The van der Waals surface area contributed by atoms with Gasteiger partial charge in [0.1, 0.15) is 0 Å². The van der Waals surface area contributed by atoms with Crippen LogP contribution in [-0.2, 0) is 4.79 Å². The third-order valence-electron chi connectivity index (χ3n) is 3.42. The lowest BCUT2D eigenvalue weighted by Gasteiger charge is -2.31. The summed E-state index contributed by atoms with van der Waals surface area (Å²) in [6, 6.07) is 6.42. The van der Waals surface area contributed by atoms with Gasteiger partial charge in [-0.3, -0.25) is 14.5 Å². The number of fused-ring (bicyclic) bond motifs is 1. The van der Waals surface area contributed by atoms with Crippen LogP contribution in [-0.4, -0.2) is 45.5 Å². The van der Waals surface area contributed by atoms with Crippen LogP contribution in [0.5, 0.6) is 0 Å². The Morgan fingerprint density at radius 1 is 1.20 bits per heavy atom. The molecule has 1 atom stereocenters. The predicted octanol–water partition coefficient (Wildman–Crippen LogP) is 0.754. The van der Waals surface area contributed by atoms with Gasteiger partial charge in [-0.15, -0.1) is 0 Å². The van der Waals surface area contributed by atoms with Crippen LogP contribution in [0, 0.1) is 5.41 Å². The van der Waals surface area contributed by atoms with E-state index < -0.39 is 29.3 Å². The topological polar surface area (TPSA) is 94.9 Å². The van der Waals surface area contributed by atoms with E-state index in [1.165, 1.54) is 13.8 Å². The van der Waals surface area contributed by atoms with Crippen LogP contribution in [0.15, 0.2) is 24.3 Å². The highest BCUT2D eigenvalue weighted by Crippen LogP contribution is 2.29. The van der Waals surface area contributed by atoms with Crippen LogP contribution in [0.25, 0.3) is 0 Å². The van der Waals surface area contributed by atoms with Crippen molar-refractivity contribution >= 4 is 17.8 Å². The van der Waals surface area contributed by atoms with Crippen LogP contribution >= 0.6 is 0 Å². The molecule has 0 aromatic heterocycles. The average molecular weight is 277 g/mol. The number of aliphatic carboxylic acids is 1. The zero-order valence-corrected chi connectivity index (χ0v) is 11.2. The number of benzene rings is 1. The molecule has 0 aliphatic carbocycles. The van der Waals surface area contributed by atoms with E-state index in [2.05, 4.69) is 0 Å². The summed E-state index contributed by atoms with van der Waals surface area (Å²) in [6.45, 7) is 2.83. The molecular weight excluding hydrogens is 262 g/mol. The first kappa shape index (κ1) is 14.2. The van der Waals surface area contributed by atoms with Crippen LogP contribution in [0.3, 0.4) is 0 Å². The number of carbonyl (C=O) groups is 3. The predicted molar refractivity (Wildman–Crippen MR) is 69.2 cm³/mol. The Morgan fingerprint density at radius 2 is 1.65 bits per heavy atom. The fourth-order valence-electron chi connectivity index (χ4n) is 2.21. The van der Waals surface area contributed by atoms with Crippen molar-refractivity contribution in [3.05, 3.63) is 35.4 Å². The Balaban J connectivity index is 2.27. The average Bonchev–Trinajstić information content (AvgIpc) is 2.63. The van der Waals surface area contributed by atoms with Crippen molar-refractivity contribution in [3.8, 4) is 0 Å². The minimum Gasteiger partial charge on any atom is -0.479 e. The number of carboxylic acid groups (broad SMARTS) is 1. The molecule has 2 amide bonds. The molecule has 106 valence electrons. The molecule has 2 rings (SSSR count). The number of hydrogen-bond acceptors (Lipinski definition) is 4. The molecule has 2 N–H and O–H groups in total. The van der Waals surface area contributed by atoms with Gasteiger partial charge in [0.05, 0.1) is 11.1 Å². The summed E-state index contributed by atoms with van der Waals surface area (Å²) in [4.78, 5) is 36.2. The van der Waals surface area contributed by atoms with Gasteiger partial charge in [-0.05, 0) is 12.1 Å². The van der Waals surface area contributed by atoms with Gasteiger partial charge in [-0.2, -0.15) is 0 Å². The van der Waals surface area contributed by atoms with Crippen molar-refractivity contribution < 1.29 is 24.6 Å². The van der Waals surface area contributed by atoms with Gasteiger partial charge < -0.3 is 10.2 Å². The molecule has 1 unspecified atom stereocenters. The lowest BCUT2D eigenvalue weighted by Crippen LogP contribution is -2.46. The molecule has 0 saturated carbocycles. The molecule has 0 saturated heterocycles. The Kier molecular flexibility index (Phi) is 3.35. The molecule has 0 fully saturated rings. The van der Waals surface area contributed by atoms with Crippen LogP contribution in [0.4, 0.5) is 0 Å². The third kappa shape index (κ3) is 2.18. The summed E-state index contributed by atoms with van der Waals surface area (Å²) >= 11 is 0. The van der Waals surface area contributed by atoms with Crippen LogP contribution in [0.2, 0.25) is 0 Å². The van der Waals surface area contributed by atoms with Crippen LogP contribution in [0.1, 0.15) is 34.6 Å². The van der Waals surface area contributed by atoms with E-state index in [1.807, 2.05) is 0 Å². The molecule has 0 bridgehead atoms. The van der Waals surface area contributed by atoms with E-state index in [-0.39, 0.29) is 6.54 Å². The lowest BCUT2D eigenvalue weighted by atomic mass is 9.86. The molecule has 20 heavy (non-hydrogen) atoms. The number of aliphatic hydroxyl groups excluding tert-OH is 1. The summed E-state index contributed by atoms with van der Waals surface area (Å²) in [5, 5.41) is 18.5. The van der Waals surface area contributed by atoms with Gasteiger partial charge in [0.2, 0.25) is 0 Å². The van der Waals surface area contributed by atoms with Gasteiger partial charge in [0.15, 0.2) is 6.10 Å². The van der Waals surface area contributed by atoms with Crippen LogP contribution < -0.4 is 0 Å². The second-order valence-electron chi connectivity index (χ2n) is 5.47. The molecule has 1 heterocycles. The summed E-state index contributed by atoms with van der Waals surface area (Å²) in [6.07, 6.45) is -1.66. The number of nitrogens with zero attached hydrogens (tertiary/aromatic N) is 1. The Labute approximate surface area is 115 Å². The van der Waals surface area contributed by atoms with E-state index in [9.17, 15) is 19.5 Å². The van der Waals surface area contributed by atoms with Crippen molar-refractivity contribution in [3.63, 3.8) is 0 Å². The number of rotatable bonds is 4. The number of aliphatic hydroxyl groups is 1. The number of amides is 2. The van der Waals surface area contributed by atoms with Gasteiger partial charge in [0, 0.05) is 12.0 Å². The molecule has 1 aromatic rings. The number of carbonyl (C=O) groups excluding carboxylic acids is 2. The van der Waals surface area contributed by atoms with E-state index >= 15 is 0 Å². The maximum atomic E-state index is 12.2. The first-order valence-electron chi connectivity index (χ1n) is 6.12. The first-order chi connectivity index (χ1) is 9.25. The fraction of sp³-hybridized carbons (Fsp3) is 0.357. The highest BCUT2D eigenvalue weighted by molar-refractivity contribution is 6.21. The fourth-order valence-corrected chi connectivity index (χ4v) is 2.21. The Morgan fingerprint density at radius 3 is 2.05 bits per heavy atom. The number of imide groups is 1. The monoisotopic (exact) mass is 277 g/mol. The zero-order chi connectivity index (χ0) is 15.1. The van der Waals surface area contributed by atoms with E-state index in [0.29, 0.717) is 11.1 Å². The highest BCUT2D eigenvalue weighted by atomic mass is 16.4. The molecule has 1 aliphatic heterocycles. The Bertz CT molecular complexity index is 558. The maximum Gasteiger partial charge on any atom is 0.333 e. The van der Waals surface area contributed by atoms with Gasteiger partial charge in [-0.25, -0.2) is 4.79 Å². The van der Waals surface area contributed by atoms with E-state index in [1.54, 1.807) is 24.3 Å². The molecular formula is C14H15NO5. The highest BCUT2D eigenvalue weighted by Gasteiger charge is 2.42. The number of carboxylic acids is 1. The smallest absolute Gasteiger partial charge is 0.333 e. The maximum absolute atomic E-state index is 12.2. The third-order valence-corrected chi connectivity index (χ3v) is 3.42. The molecule has 1 aliphatic rings. The second-order valence-corrected chi connectivity index (χ2v) is 5.47. The van der Waals surface area contributed by atoms with Gasteiger partial charge in [-0.1, -0.05) is 26.0 Å². The van der Waals surface area contributed by atoms with Crippen molar-refractivity contribution in [2.45, 2.75) is 20.0 Å². The lowest BCUT2D eigenvalue weighted by molar-refractivity contribution is -0.153. The van der Waals surface area contributed by atoms with Gasteiger partial charge >= 0.3 is 5.97 Å². The number of hydrogen-bond donors (Lipinski definition) is 2. The minimum atomic E-state index is -1.66. The van der Waals surface area contributed by atoms with Crippen molar-refractivity contribution in [2.75, 3.05) is 6.54 Å². The zero-order valence-electron chi connectivity index (χ0n) is 11.2. The van der Waals surface area contributed by atoms with E-state index in [0.717, 1.165) is 4.90 Å². The molecule has 0 spiro atoms. The van der Waals surface area contributed by atoms with Crippen molar-refractivity contribution in [1.82, 2.24) is 4.90 Å². The van der Waals surface area contributed by atoms with E-state index in [4.69, 9.17) is 5.11 Å². The minimum absolute atomic E-state index is 0.160. The first-order valence-corrected chi connectivity index (χ1v) is 6.12. The molecule has 1 aromatic carbocycles. The van der Waals surface area contributed by atoms with Gasteiger partial charge in [0.25, 0.3) is 11.8 Å². The quantitative estimate of drug-likeness (QED) is 0.792. The summed E-state index contributed by atoms with van der Waals surface area (Å²) in [7, 11) is 0. The largest absolute Gasteiger partial charge is 0.479 e. The van der Waals surface area contributed by atoms with Crippen molar-refractivity contribution in [2.24, 2.45) is 5.41 Å². The summed E-state index contributed by atoms with van der Waals surface area (Å²) < 4.78 is 0. The molecule has 6 heteroatoms. The molecule has 6 nitrogen and oxygen atoms in total. The normalized spacial score (nSPS) is 16.2. The molecule has 0 radical (unpaired) electrons. The van der Waals surface area contributed by atoms with Crippen molar-refractivity contribution in [1.29, 1.82) is 0 Å².